The van der Waals surface area contributed by atoms with Gasteiger partial charge in [0.2, 0.25) is 5.69 Å². The molecule has 84 valence electrons. The minimum absolute atomic E-state index is 0.900. The number of hydrogen-bond acceptors (Lipinski definition) is 1. The van der Waals surface area contributed by atoms with E-state index in [-0.39, 0.29) is 0 Å². The fourth-order valence-corrected chi connectivity index (χ4v) is 2.45. The van der Waals surface area contributed by atoms with Crippen molar-refractivity contribution < 1.29 is 9.68 Å². The zero-order chi connectivity index (χ0) is 11.9. The normalized spacial score (nSPS) is 22.1. The van der Waals surface area contributed by atoms with Gasteiger partial charge in [0, 0.05) is 6.07 Å². The monoisotopic (exact) mass is 224 g/mol. The second-order valence-corrected chi connectivity index (χ2v) is 4.39. The molecule has 17 heavy (non-hydrogen) atoms. The predicted octanol–water partition coefficient (Wildman–Crippen LogP) is 2.28. The van der Waals surface area contributed by atoms with Crippen molar-refractivity contribution in [3.8, 4) is 0 Å². The predicted molar refractivity (Wildman–Crippen MR) is 67.8 cm³/mol. The Kier molecular flexibility index (Phi) is 2.13. The van der Waals surface area contributed by atoms with Gasteiger partial charge >= 0.3 is 0 Å². The maximum absolute atomic E-state index is 10.9. The van der Waals surface area contributed by atoms with E-state index in [4.69, 9.17) is 0 Å². The number of fused-ring (bicyclic) bond motifs is 1. The zero-order valence-electron chi connectivity index (χ0n) is 9.67. The molecule has 1 unspecified atom stereocenters. The van der Waals surface area contributed by atoms with E-state index in [1.54, 1.807) is 0 Å². The van der Waals surface area contributed by atoms with Crippen LogP contribution in [0.2, 0.25) is 0 Å². The van der Waals surface area contributed by atoms with Crippen LogP contribution in [0, 0.1) is 0 Å². The molecule has 1 aliphatic rings. The van der Waals surface area contributed by atoms with Crippen LogP contribution in [0.15, 0.2) is 54.6 Å². The third-order valence-electron chi connectivity index (χ3n) is 3.29. The van der Waals surface area contributed by atoms with Gasteiger partial charge in [0.1, 0.15) is 7.05 Å². The van der Waals surface area contributed by atoms with Gasteiger partial charge in [-0.1, -0.05) is 42.5 Å². The van der Waals surface area contributed by atoms with Gasteiger partial charge in [0.15, 0.2) is 11.8 Å². The zero-order valence-corrected chi connectivity index (χ0v) is 9.67. The van der Waals surface area contributed by atoms with Gasteiger partial charge in [-0.25, -0.2) is 4.58 Å². The first-order valence-corrected chi connectivity index (χ1v) is 5.68. The van der Waals surface area contributed by atoms with Crippen LogP contribution < -0.4 is 0 Å². The van der Waals surface area contributed by atoms with E-state index in [9.17, 15) is 5.11 Å². The second-order valence-electron chi connectivity index (χ2n) is 4.39. The van der Waals surface area contributed by atoms with Gasteiger partial charge in [-0.05, 0) is 11.6 Å². The molecule has 2 aromatic rings. The summed E-state index contributed by atoms with van der Waals surface area (Å²) in [7, 11) is 1.96. The van der Waals surface area contributed by atoms with Gasteiger partial charge < -0.3 is 5.11 Å². The number of aliphatic hydroxyl groups is 1. The molecule has 0 fully saturated rings. The van der Waals surface area contributed by atoms with E-state index in [0.717, 1.165) is 16.8 Å². The minimum atomic E-state index is -1.01. The van der Waals surface area contributed by atoms with E-state index in [0.29, 0.717) is 0 Å². The topological polar surface area (TPSA) is 23.2 Å². The van der Waals surface area contributed by atoms with Gasteiger partial charge in [-0.3, -0.25) is 0 Å². The average molecular weight is 224 g/mol. The number of benzene rings is 2. The van der Waals surface area contributed by atoms with Gasteiger partial charge in [-0.2, -0.15) is 0 Å². The van der Waals surface area contributed by atoms with E-state index in [1.807, 2.05) is 72.4 Å². The molecular weight excluding hydrogens is 210 g/mol. The molecule has 1 aliphatic heterocycles. The summed E-state index contributed by atoms with van der Waals surface area (Å²) in [6.07, 6.45) is 1.85. The highest BCUT2D eigenvalue weighted by Crippen LogP contribution is 2.38. The second kappa shape index (κ2) is 3.54. The van der Waals surface area contributed by atoms with E-state index in [1.165, 1.54) is 0 Å². The Bertz CT molecular complexity index is 589. The van der Waals surface area contributed by atoms with Crippen molar-refractivity contribution in [2.45, 2.75) is 5.60 Å². The fraction of sp³-hybridized carbons (Fsp3) is 0.133. The molecule has 2 aromatic carbocycles. The minimum Gasteiger partial charge on any atom is -0.371 e. The van der Waals surface area contributed by atoms with Crippen LogP contribution >= 0.6 is 0 Å². The van der Waals surface area contributed by atoms with Crippen LogP contribution in [0.25, 0.3) is 0 Å². The van der Waals surface area contributed by atoms with Crippen molar-refractivity contribution in [3.63, 3.8) is 0 Å². The maximum atomic E-state index is 10.9. The van der Waals surface area contributed by atoms with E-state index >= 15 is 0 Å². The van der Waals surface area contributed by atoms with Crippen LogP contribution in [0.3, 0.4) is 0 Å². The molecular formula is C15H14NO+. The lowest BCUT2D eigenvalue weighted by Crippen LogP contribution is -2.27. The molecule has 0 aliphatic carbocycles. The molecule has 0 radical (unpaired) electrons. The molecule has 0 amide bonds. The highest BCUT2D eigenvalue weighted by Gasteiger charge is 2.42. The number of nitrogens with zero attached hydrogens (tertiary/aromatic N) is 1. The fourth-order valence-electron chi connectivity index (χ4n) is 2.45. The van der Waals surface area contributed by atoms with Gasteiger partial charge in [0.25, 0.3) is 0 Å². The molecule has 3 rings (SSSR count). The maximum Gasteiger partial charge on any atom is 0.211 e. The highest BCUT2D eigenvalue weighted by molar-refractivity contribution is 5.80. The lowest BCUT2D eigenvalue weighted by Gasteiger charge is -2.17. The Labute approximate surface area is 100 Å². The Morgan fingerprint density at radius 1 is 0.941 bits per heavy atom. The molecule has 1 N–H and O–H groups in total. The van der Waals surface area contributed by atoms with E-state index in [2.05, 4.69) is 0 Å². The van der Waals surface area contributed by atoms with Crippen molar-refractivity contribution in [2.75, 3.05) is 7.05 Å². The first-order chi connectivity index (χ1) is 8.22. The van der Waals surface area contributed by atoms with Crippen molar-refractivity contribution in [3.05, 3.63) is 65.7 Å². The first kappa shape index (κ1) is 10.2. The summed E-state index contributed by atoms with van der Waals surface area (Å²) in [5.41, 5.74) is 1.89. The summed E-state index contributed by atoms with van der Waals surface area (Å²) in [5, 5.41) is 10.9. The molecule has 1 heterocycles. The van der Waals surface area contributed by atoms with Gasteiger partial charge in [0.05, 0.1) is 5.56 Å². The molecule has 2 nitrogen and oxygen atoms in total. The molecule has 0 bridgehead atoms. The quantitative estimate of drug-likeness (QED) is 0.738. The van der Waals surface area contributed by atoms with Crippen LogP contribution in [-0.4, -0.2) is 22.9 Å². The van der Waals surface area contributed by atoms with Gasteiger partial charge in [-0.15, -0.1) is 0 Å². The standard InChI is InChI=1S/C15H14NO/c1-16-11-15(17,12-7-3-2-4-8-12)13-9-5-6-10-14(13)16/h2-11,17H,1H3/q+1. The van der Waals surface area contributed by atoms with Crippen molar-refractivity contribution in [1.82, 2.24) is 0 Å². The smallest absolute Gasteiger partial charge is 0.211 e. The Morgan fingerprint density at radius 2 is 1.59 bits per heavy atom. The Morgan fingerprint density at radius 3 is 2.35 bits per heavy atom. The Balaban J connectivity index is 2.24. The molecule has 2 heteroatoms. The van der Waals surface area contributed by atoms with Crippen molar-refractivity contribution in [1.29, 1.82) is 0 Å². The molecule has 0 saturated heterocycles. The summed E-state index contributed by atoms with van der Waals surface area (Å²) in [5.74, 6) is 0. The number of hydrogen-bond donors (Lipinski definition) is 1. The SMILES string of the molecule is C[N+]1=CC(O)(c2ccccc2)c2ccccc21. The lowest BCUT2D eigenvalue weighted by atomic mass is 9.88. The van der Waals surface area contributed by atoms with Crippen LogP contribution in [-0.2, 0) is 5.60 Å². The summed E-state index contributed by atoms with van der Waals surface area (Å²) in [6, 6.07) is 17.7. The van der Waals surface area contributed by atoms with Crippen LogP contribution in [0.4, 0.5) is 5.69 Å². The summed E-state index contributed by atoms with van der Waals surface area (Å²) >= 11 is 0. The van der Waals surface area contributed by atoms with E-state index < -0.39 is 5.60 Å². The molecule has 0 aromatic heterocycles. The average Bonchev–Trinajstić information content (AvgIpc) is 2.65. The first-order valence-electron chi connectivity index (χ1n) is 5.68. The van der Waals surface area contributed by atoms with Crippen molar-refractivity contribution in [2.24, 2.45) is 0 Å². The summed E-state index contributed by atoms with van der Waals surface area (Å²) in [4.78, 5) is 0. The Hall–Kier alpha value is -1.93. The summed E-state index contributed by atoms with van der Waals surface area (Å²) < 4.78 is 1.97. The highest BCUT2D eigenvalue weighted by atomic mass is 16.3. The largest absolute Gasteiger partial charge is 0.371 e. The molecule has 0 spiro atoms. The molecule has 0 saturated carbocycles. The summed E-state index contributed by atoms with van der Waals surface area (Å²) in [6.45, 7) is 0. The third kappa shape index (κ3) is 1.41. The van der Waals surface area contributed by atoms with Crippen LogP contribution in [0.5, 0.6) is 0 Å². The third-order valence-corrected chi connectivity index (χ3v) is 3.29. The number of para-hydroxylation sites is 1. The lowest BCUT2D eigenvalue weighted by molar-refractivity contribution is -0.397. The van der Waals surface area contributed by atoms with Crippen molar-refractivity contribution >= 4 is 11.9 Å². The molecule has 1 atom stereocenters. The number of rotatable bonds is 1. The van der Waals surface area contributed by atoms with Crippen LogP contribution in [0.1, 0.15) is 11.1 Å².